The summed E-state index contributed by atoms with van der Waals surface area (Å²) in [6.07, 6.45) is 7.94. The molecule has 0 saturated carbocycles. The Kier molecular flexibility index (Phi) is 5.08. The van der Waals surface area contributed by atoms with E-state index in [2.05, 4.69) is 33.3 Å². The summed E-state index contributed by atoms with van der Waals surface area (Å²) in [5, 5.41) is 16.0. The van der Waals surface area contributed by atoms with Crippen LogP contribution in [-0.2, 0) is 4.79 Å². The minimum Gasteiger partial charge on any atom is -0.310 e. The molecule has 0 spiro atoms. The molecule has 8 heteroatoms. The number of anilines is 1. The van der Waals surface area contributed by atoms with Gasteiger partial charge in [0.2, 0.25) is 5.91 Å². The number of nitrogens with one attached hydrogen (secondary N) is 1. The predicted octanol–water partition coefficient (Wildman–Crippen LogP) is 2.26. The van der Waals surface area contributed by atoms with Gasteiger partial charge in [-0.3, -0.25) is 4.79 Å². The molecule has 1 atom stereocenters. The molecule has 2 aromatic heterocycles. The molecule has 3 heterocycles. The Labute approximate surface area is 151 Å². The molecule has 2 aromatic rings. The fourth-order valence-electron chi connectivity index (χ4n) is 2.96. The summed E-state index contributed by atoms with van der Waals surface area (Å²) < 4.78 is 1.68. The van der Waals surface area contributed by atoms with Gasteiger partial charge in [-0.2, -0.15) is 10.4 Å². The first kappa shape index (κ1) is 17.4. The van der Waals surface area contributed by atoms with Gasteiger partial charge in [-0.05, 0) is 32.2 Å². The summed E-state index contributed by atoms with van der Waals surface area (Å²) in [4.78, 5) is 22.2. The first-order valence-electron chi connectivity index (χ1n) is 8.25. The van der Waals surface area contributed by atoms with Gasteiger partial charge in [0.25, 0.3) is 0 Å². The van der Waals surface area contributed by atoms with Crippen molar-refractivity contribution in [2.45, 2.75) is 13.3 Å². The number of amides is 1. The molecule has 132 valence electrons. The van der Waals surface area contributed by atoms with E-state index < -0.39 is 0 Å². The lowest BCUT2D eigenvalue weighted by atomic mass is 10.1. The predicted molar refractivity (Wildman–Crippen MR) is 98.6 cm³/mol. The molecule has 0 bridgehead atoms. The van der Waals surface area contributed by atoms with Gasteiger partial charge in [0.15, 0.2) is 12.0 Å². The molecule has 1 saturated heterocycles. The first-order chi connectivity index (χ1) is 12.7. The van der Waals surface area contributed by atoms with Crippen molar-refractivity contribution in [3.63, 3.8) is 0 Å². The maximum Gasteiger partial charge on any atom is 0.230 e. The number of aliphatic imine (C=N–C) groups is 1. The molecule has 1 fully saturated rings. The van der Waals surface area contributed by atoms with Crippen molar-refractivity contribution in [1.29, 1.82) is 5.26 Å². The number of allylic oxidation sites excluding steroid dienone is 1. The average Bonchev–Trinajstić information content (AvgIpc) is 3.32. The monoisotopic (exact) mass is 349 g/mol. The molecule has 1 amide bonds. The maximum absolute atomic E-state index is 12.4. The van der Waals surface area contributed by atoms with Gasteiger partial charge in [0.05, 0.1) is 17.8 Å². The number of carbonyl (C=O) groups excluding carboxylic acids is 1. The van der Waals surface area contributed by atoms with E-state index in [0.29, 0.717) is 31.1 Å². The molecule has 0 aromatic carbocycles. The van der Waals surface area contributed by atoms with Crippen LogP contribution in [0.1, 0.15) is 18.9 Å². The number of likely N-dealkylation sites (tertiary alicyclic amines) is 1. The van der Waals surface area contributed by atoms with E-state index in [1.54, 1.807) is 34.1 Å². The molecular formula is C18H19N7O. The topological polar surface area (TPSA) is 99.2 Å². The molecule has 0 unspecified atom stereocenters. The fourth-order valence-corrected chi connectivity index (χ4v) is 2.96. The lowest BCUT2D eigenvalue weighted by molar-refractivity contribution is -0.119. The van der Waals surface area contributed by atoms with E-state index in [0.717, 1.165) is 11.3 Å². The van der Waals surface area contributed by atoms with Gasteiger partial charge >= 0.3 is 0 Å². The number of carbonyl (C=O) groups is 1. The van der Waals surface area contributed by atoms with Crippen LogP contribution >= 0.6 is 0 Å². The third kappa shape index (κ3) is 3.47. The molecule has 3 rings (SSSR count). The zero-order valence-electron chi connectivity index (χ0n) is 14.5. The Bertz CT molecular complexity index is 893. The Morgan fingerprint density at radius 1 is 1.50 bits per heavy atom. The molecule has 8 nitrogen and oxygen atoms in total. The summed E-state index contributed by atoms with van der Waals surface area (Å²) in [6, 6.07) is 5.40. The van der Waals surface area contributed by atoms with E-state index in [1.807, 2.05) is 19.1 Å². The Hall–Kier alpha value is -3.47. The summed E-state index contributed by atoms with van der Waals surface area (Å²) in [5.74, 6) is 0.761. The number of nitriles is 1. The second-order valence-electron chi connectivity index (χ2n) is 5.88. The summed E-state index contributed by atoms with van der Waals surface area (Å²) >= 11 is 0. The van der Waals surface area contributed by atoms with Crippen molar-refractivity contribution in [2.24, 2.45) is 10.9 Å². The number of aromatic nitrogens is 3. The Morgan fingerprint density at radius 2 is 2.35 bits per heavy atom. The fraction of sp³-hybridized carbons (Fsp3) is 0.278. The molecule has 0 aliphatic carbocycles. The maximum atomic E-state index is 12.4. The van der Waals surface area contributed by atoms with Crippen molar-refractivity contribution >= 4 is 30.0 Å². The Morgan fingerprint density at radius 3 is 3.04 bits per heavy atom. The number of nitrogens with zero attached hydrogens (tertiary/aromatic N) is 6. The van der Waals surface area contributed by atoms with Gasteiger partial charge < -0.3 is 10.2 Å². The molecule has 1 aliphatic heterocycles. The van der Waals surface area contributed by atoms with E-state index >= 15 is 0 Å². The van der Waals surface area contributed by atoms with E-state index in [4.69, 9.17) is 5.26 Å². The van der Waals surface area contributed by atoms with Crippen LogP contribution in [0.25, 0.3) is 5.70 Å². The molecule has 0 radical (unpaired) electrons. The highest BCUT2D eigenvalue weighted by Crippen LogP contribution is 2.24. The van der Waals surface area contributed by atoms with Crippen molar-refractivity contribution in [1.82, 2.24) is 19.7 Å². The van der Waals surface area contributed by atoms with Crippen LogP contribution in [-0.4, -0.2) is 45.4 Å². The largest absolute Gasteiger partial charge is 0.310 e. The van der Waals surface area contributed by atoms with Crippen LogP contribution in [0.15, 0.2) is 41.7 Å². The van der Waals surface area contributed by atoms with Gasteiger partial charge in [-0.1, -0.05) is 6.08 Å². The highest BCUT2D eigenvalue weighted by Gasteiger charge is 2.28. The average molecular weight is 349 g/mol. The quantitative estimate of drug-likeness (QED) is 0.659. The highest BCUT2D eigenvalue weighted by atomic mass is 16.2. The van der Waals surface area contributed by atoms with Crippen LogP contribution in [0.4, 0.5) is 11.6 Å². The SMILES string of the molecule is C=Nc1ccnn1/C(=C\C)c1ccnc(NC(=O)[C@H]2CCN(C#N)C2)c1. The van der Waals surface area contributed by atoms with Gasteiger partial charge in [-0.25, -0.2) is 14.7 Å². The zero-order valence-corrected chi connectivity index (χ0v) is 14.5. The highest BCUT2D eigenvalue weighted by molar-refractivity contribution is 5.92. The smallest absolute Gasteiger partial charge is 0.230 e. The lowest BCUT2D eigenvalue weighted by Crippen LogP contribution is -2.25. The van der Waals surface area contributed by atoms with E-state index in [1.165, 1.54) is 0 Å². The first-order valence-corrected chi connectivity index (χ1v) is 8.25. The third-order valence-electron chi connectivity index (χ3n) is 4.29. The molecule has 1 aliphatic rings. The normalized spacial score (nSPS) is 17.0. The summed E-state index contributed by atoms with van der Waals surface area (Å²) in [6.45, 7) is 6.52. The second kappa shape index (κ2) is 7.61. The van der Waals surface area contributed by atoms with Crippen molar-refractivity contribution < 1.29 is 4.79 Å². The summed E-state index contributed by atoms with van der Waals surface area (Å²) in [5.41, 5.74) is 1.66. The molecule has 26 heavy (non-hydrogen) atoms. The van der Waals surface area contributed by atoms with E-state index in [-0.39, 0.29) is 11.8 Å². The van der Waals surface area contributed by atoms with Crippen molar-refractivity contribution in [2.75, 3.05) is 18.4 Å². The second-order valence-corrected chi connectivity index (χ2v) is 5.88. The molecule has 1 N–H and O–H groups in total. The van der Waals surface area contributed by atoms with Crippen LogP contribution in [0.3, 0.4) is 0 Å². The van der Waals surface area contributed by atoms with Gasteiger partial charge in [0, 0.05) is 30.9 Å². The minimum absolute atomic E-state index is 0.123. The third-order valence-corrected chi connectivity index (χ3v) is 4.29. The molecular weight excluding hydrogens is 330 g/mol. The minimum atomic E-state index is -0.205. The lowest BCUT2D eigenvalue weighted by Gasteiger charge is -2.13. The number of hydrogen-bond acceptors (Lipinski definition) is 6. The van der Waals surface area contributed by atoms with Crippen molar-refractivity contribution in [3.8, 4) is 6.19 Å². The number of pyridine rings is 1. The van der Waals surface area contributed by atoms with Crippen LogP contribution in [0.2, 0.25) is 0 Å². The van der Waals surface area contributed by atoms with E-state index in [9.17, 15) is 4.79 Å². The van der Waals surface area contributed by atoms with Crippen LogP contribution in [0, 0.1) is 17.4 Å². The van der Waals surface area contributed by atoms with Crippen molar-refractivity contribution in [3.05, 3.63) is 42.2 Å². The van der Waals surface area contributed by atoms with Crippen LogP contribution in [0.5, 0.6) is 0 Å². The van der Waals surface area contributed by atoms with Gasteiger partial charge in [0.1, 0.15) is 5.82 Å². The van der Waals surface area contributed by atoms with Crippen LogP contribution < -0.4 is 5.32 Å². The number of rotatable bonds is 5. The number of hydrogen-bond donors (Lipinski definition) is 1. The standard InChI is InChI=1S/C18H19N7O/c1-3-15(25-17(20-2)5-8-22-25)13-4-7-21-16(10-13)23-18(26)14-6-9-24(11-14)12-19/h3-5,7-8,10,14H,2,6,9,11H2,1H3,(H,21,23,26)/b15-3-/t14-/m0/s1. The Balaban J connectivity index is 1.79. The van der Waals surface area contributed by atoms with Gasteiger partial charge in [-0.15, -0.1) is 0 Å². The zero-order chi connectivity index (χ0) is 18.5. The summed E-state index contributed by atoms with van der Waals surface area (Å²) in [7, 11) is 0.